The van der Waals surface area contributed by atoms with Gasteiger partial charge in [-0.3, -0.25) is 0 Å². The third-order valence-corrected chi connectivity index (χ3v) is 4.87. The van der Waals surface area contributed by atoms with E-state index in [9.17, 15) is 8.78 Å². The summed E-state index contributed by atoms with van der Waals surface area (Å²) >= 11 is 6.05. The molecule has 0 saturated heterocycles. The Balaban J connectivity index is 1.53. The van der Waals surface area contributed by atoms with Gasteiger partial charge >= 0.3 is 0 Å². The summed E-state index contributed by atoms with van der Waals surface area (Å²) < 4.78 is 38.6. The number of hydrogen-bond donors (Lipinski definition) is 1. The predicted octanol–water partition coefficient (Wildman–Crippen LogP) is 6.20. The molecule has 0 amide bonds. The van der Waals surface area contributed by atoms with Gasteiger partial charge in [0.1, 0.15) is 35.9 Å². The van der Waals surface area contributed by atoms with Gasteiger partial charge < -0.3 is 14.5 Å². The molecular weight excluding hydrogens is 410 g/mol. The summed E-state index contributed by atoms with van der Waals surface area (Å²) in [5.41, 5.74) is 2.67. The van der Waals surface area contributed by atoms with Crippen molar-refractivity contribution in [2.45, 2.75) is 19.6 Å². The third kappa shape index (κ3) is 4.45. The Bertz CT molecular complexity index is 1160. The van der Waals surface area contributed by atoms with Crippen LogP contribution in [0.2, 0.25) is 5.02 Å². The Kier molecular flexibility index (Phi) is 5.97. The third-order valence-electron chi connectivity index (χ3n) is 4.63. The molecule has 30 heavy (non-hydrogen) atoms. The van der Waals surface area contributed by atoms with Crippen LogP contribution in [0.5, 0.6) is 5.75 Å². The van der Waals surface area contributed by atoms with Gasteiger partial charge in [0.2, 0.25) is 0 Å². The lowest BCUT2D eigenvalue weighted by Gasteiger charge is -2.16. The summed E-state index contributed by atoms with van der Waals surface area (Å²) in [4.78, 5) is 7.89. The summed E-state index contributed by atoms with van der Waals surface area (Å²) in [5.74, 6) is 0.199. The molecule has 0 radical (unpaired) electrons. The standard InChI is InChI=1S/C23H19ClF2N2O2/c1-2-29-22(23-27-20-10-5-16(24)12-21(20)28-23)14-3-7-18(8-4-14)30-13-15-11-17(25)6-9-19(15)26/h3-12,22H,2,13H2,1H3,(H,27,28). The highest BCUT2D eigenvalue weighted by atomic mass is 35.5. The topological polar surface area (TPSA) is 47.1 Å². The van der Waals surface area contributed by atoms with E-state index in [4.69, 9.17) is 21.1 Å². The first kappa shape index (κ1) is 20.3. The number of imidazole rings is 1. The Morgan fingerprint density at radius 3 is 2.60 bits per heavy atom. The van der Waals surface area contributed by atoms with E-state index in [0.717, 1.165) is 34.8 Å². The number of ether oxygens (including phenoxy) is 2. The molecule has 0 aliphatic rings. The molecule has 1 unspecified atom stereocenters. The van der Waals surface area contributed by atoms with Crippen molar-refractivity contribution < 1.29 is 18.3 Å². The molecule has 0 saturated carbocycles. The second kappa shape index (κ2) is 8.81. The zero-order valence-electron chi connectivity index (χ0n) is 16.2. The molecule has 1 heterocycles. The molecule has 0 spiro atoms. The average Bonchev–Trinajstić information content (AvgIpc) is 3.16. The van der Waals surface area contributed by atoms with Crippen molar-refractivity contribution in [1.29, 1.82) is 0 Å². The first-order valence-electron chi connectivity index (χ1n) is 9.47. The van der Waals surface area contributed by atoms with Gasteiger partial charge in [-0.25, -0.2) is 13.8 Å². The molecule has 4 rings (SSSR count). The maximum absolute atomic E-state index is 13.7. The van der Waals surface area contributed by atoms with Gasteiger partial charge in [-0.15, -0.1) is 0 Å². The number of nitrogens with zero attached hydrogens (tertiary/aromatic N) is 1. The molecule has 1 aromatic heterocycles. The van der Waals surface area contributed by atoms with Gasteiger partial charge in [0, 0.05) is 17.2 Å². The quantitative estimate of drug-likeness (QED) is 0.381. The van der Waals surface area contributed by atoms with Crippen molar-refractivity contribution in [1.82, 2.24) is 9.97 Å². The molecule has 0 fully saturated rings. The number of halogens is 3. The van der Waals surface area contributed by atoms with Gasteiger partial charge in [0.05, 0.1) is 11.0 Å². The first-order chi connectivity index (χ1) is 14.5. The van der Waals surface area contributed by atoms with Crippen LogP contribution in [-0.2, 0) is 11.3 Å². The van der Waals surface area contributed by atoms with Crippen LogP contribution in [0.1, 0.15) is 30.0 Å². The zero-order chi connectivity index (χ0) is 21.1. The number of fused-ring (bicyclic) bond motifs is 1. The summed E-state index contributed by atoms with van der Waals surface area (Å²) in [6.45, 7) is 2.35. The fourth-order valence-corrected chi connectivity index (χ4v) is 3.34. The van der Waals surface area contributed by atoms with E-state index in [2.05, 4.69) is 9.97 Å². The Morgan fingerprint density at radius 1 is 1.03 bits per heavy atom. The van der Waals surface area contributed by atoms with Crippen molar-refractivity contribution in [3.05, 3.63) is 94.3 Å². The van der Waals surface area contributed by atoms with E-state index < -0.39 is 17.7 Å². The largest absolute Gasteiger partial charge is 0.489 e. The predicted molar refractivity (Wildman–Crippen MR) is 112 cm³/mol. The van der Waals surface area contributed by atoms with E-state index in [0.29, 0.717) is 23.2 Å². The maximum atomic E-state index is 13.7. The van der Waals surface area contributed by atoms with Crippen LogP contribution in [0.4, 0.5) is 8.78 Å². The fourth-order valence-electron chi connectivity index (χ4n) is 3.18. The van der Waals surface area contributed by atoms with Gasteiger partial charge in [-0.2, -0.15) is 0 Å². The second-order valence-electron chi connectivity index (χ2n) is 6.71. The minimum atomic E-state index is -0.505. The molecule has 0 aliphatic heterocycles. The number of H-pyrrole nitrogens is 1. The fraction of sp³-hybridized carbons (Fsp3) is 0.174. The Hall–Kier alpha value is -2.96. The highest BCUT2D eigenvalue weighted by Gasteiger charge is 2.19. The molecule has 1 N–H and O–H groups in total. The molecule has 1 atom stereocenters. The van der Waals surface area contributed by atoms with Crippen LogP contribution in [0.3, 0.4) is 0 Å². The number of rotatable bonds is 7. The lowest BCUT2D eigenvalue weighted by atomic mass is 10.1. The monoisotopic (exact) mass is 428 g/mol. The van der Waals surface area contributed by atoms with Crippen molar-refractivity contribution in [2.24, 2.45) is 0 Å². The molecule has 4 aromatic rings. The summed E-state index contributed by atoms with van der Waals surface area (Å²) in [5, 5.41) is 0.616. The highest BCUT2D eigenvalue weighted by Crippen LogP contribution is 2.28. The number of benzene rings is 3. The molecule has 154 valence electrons. The first-order valence-corrected chi connectivity index (χ1v) is 9.84. The number of aromatic nitrogens is 2. The Labute approximate surface area is 177 Å². The van der Waals surface area contributed by atoms with E-state index in [1.807, 2.05) is 25.1 Å². The zero-order valence-corrected chi connectivity index (χ0v) is 16.9. The van der Waals surface area contributed by atoms with Gasteiger partial charge in [-0.05, 0) is 61.0 Å². The number of aromatic amines is 1. The average molecular weight is 429 g/mol. The summed E-state index contributed by atoms with van der Waals surface area (Å²) in [7, 11) is 0. The SMILES string of the molecule is CCOC(c1ccc(OCc2cc(F)ccc2F)cc1)c1nc2cc(Cl)ccc2[nH]1. The molecule has 0 bridgehead atoms. The van der Waals surface area contributed by atoms with Crippen molar-refractivity contribution in [3.8, 4) is 5.75 Å². The van der Waals surface area contributed by atoms with Gasteiger partial charge in [0.25, 0.3) is 0 Å². The minimum absolute atomic E-state index is 0.0673. The molecule has 4 nitrogen and oxygen atoms in total. The lowest BCUT2D eigenvalue weighted by Crippen LogP contribution is -2.08. The highest BCUT2D eigenvalue weighted by molar-refractivity contribution is 6.31. The van der Waals surface area contributed by atoms with Crippen LogP contribution in [0.25, 0.3) is 11.0 Å². The van der Waals surface area contributed by atoms with Crippen molar-refractivity contribution in [3.63, 3.8) is 0 Å². The minimum Gasteiger partial charge on any atom is -0.489 e. The van der Waals surface area contributed by atoms with Crippen LogP contribution in [-0.4, -0.2) is 16.6 Å². The number of nitrogens with one attached hydrogen (secondary N) is 1. The lowest BCUT2D eigenvalue weighted by molar-refractivity contribution is 0.0859. The Morgan fingerprint density at radius 2 is 1.83 bits per heavy atom. The van der Waals surface area contributed by atoms with Crippen LogP contribution in [0.15, 0.2) is 60.7 Å². The molecule has 7 heteroatoms. The van der Waals surface area contributed by atoms with E-state index >= 15 is 0 Å². The normalized spacial score (nSPS) is 12.3. The second-order valence-corrected chi connectivity index (χ2v) is 7.15. The van der Waals surface area contributed by atoms with Crippen LogP contribution < -0.4 is 4.74 Å². The summed E-state index contributed by atoms with van der Waals surface area (Å²) in [6, 6.07) is 16.0. The van der Waals surface area contributed by atoms with Crippen molar-refractivity contribution >= 4 is 22.6 Å². The van der Waals surface area contributed by atoms with Gasteiger partial charge in [0.15, 0.2) is 0 Å². The van der Waals surface area contributed by atoms with E-state index in [1.54, 1.807) is 24.3 Å². The number of hydrogen-bond acceptors (Lipinski definition) is 3. The smallest absolute Gasteiger partial charge is 0.141 e. The van der Waals surface area contributed by atoms with E-state index in [-0.39, 0.29) is 12.2 Å². The molecular formula is C23H19ClF2N2O2. The maximum Gasteiger partial charge on any atom is 0.141 e. The molecule has 3 aromatic carbocycles. The van der Waals surface area contributed by atoms with E-state index in [1.165, 1.54) is 0 Å². The molecule has 0 aliphatic carbocycles. The van der Waals surface area contributed by atoms with Crippen molar-refractivity contribution in [2.75, 3.05) is 6.61 Å². The van der Waals surface area contributed by atoms with Crippen LogP contribution >= 0.6 is 11.6 Å². The van der Waals surface area contributed by atoms with Gasteiger partial charge in [-0.1, -0.05) is 23.7 Å². The van der Waals surface area contributed by atoms with Crippen LogP contribution in [0, 0.1) is 11.6 Å². The summed E-state index contributed by atoms with van der Waals surface area (Å²) in [6.07, 6.45) is -0.393.